The van der Waals surface area contributed by atoms with E-state index in [0.29, 0.717) is 17.3 Å². The van der Waals surface area contributed by atoms with Crippen LogP contribution >= 0.6 is 15.9 Å². The highest BCUT2D eigenvalue weighted by molar-refractivity contribution is 9.09. The number of benzene rings is 1. The van der Waals surface area contributed by atoms with Crippen molar-refractivity contribution in [3.63, 3.8) is 0 Å². The van der Waals surface area contributed by atoms with Gasteiger partial charge in [0.05, 0.1) is 7.11 Å². The fourth-order valence-electron chi connectivity index (χ4n) is 1.36. The number of hydrogen-bond donors (Lipinski definition) is 1. The number of carbonyl (C=O) groups excluding carboxylic acids is 2. The number of halogens is 1. The van der Waals surface area contributed by atoms with Gasteiger partial charge in [0.25, 0.3) is 0 Å². The number of carbonyl (C=O) groups is 2. The van der Waals surface area contributed by atoms with Crippen molar-refractivity contribution >= 4 is 27.8 Å². The second-order valence-electron chi connectivity index (χ2n) is 3.37. The molecule has 92 valence electrons. The molecule has 0 unspecified atom stereocenters. The molecule has 1 atom stereocenters. The van der Waals surface area contributed by atoms with Crippen LogP contribution in [0.3, 0.4) is 0 Å². The Morgan fingerprint density at radius 2 is 2.00 bits per heavy atom. The summed E-state index contributed by atoms with van der Waals surface area (Å²) in [5.74, 6) is -0.666. The first-order valence-electron chi connectivity index (χ1n) is 5.17. The average molecular weight is 300 g/mol. The molecule has 1 N–H and O–H groups in total. The Balaban J connectivity index is 2.82. The molecule has 1 aromatic carbocycles. The normalized spacial score (nSPS) is 11.6. The smallest absolute Gasteiger partial charge is 0.333 e. The van der Waals surface area contributed by atoms with Crippen LogP contribution in [0.2, 0.25) is 0 Å². The lowest BCUT2D eigenvalue weighted by Crippen LogP contribution is -2.34. The Labute approximate surface area is 108 Å². The standard InChI is InChI=1S/C12H14BrNO3/c1-17-12(16)11(14-10(15)7-8-13)9-5-3-2-4-6-9/h2-6,11H,7-8H2,1H3,(H,14,15)/t11-/m1/s1. The quantitative estimate of drug-likeness (QED) is 0.666. The molecule has 0 heterocycles. The SMILES string of the molecule is COC(=O)[C@H](NC(=O)CCBr)c1ccccc1. The topological polar surface area (TPSA) is 55.4 Å². The molecule has 0 fully saturated rings. The summed E-state index contributed by atoms with van der Waals surface area (Å²) in [6.45, 7) is 0. The van der Waals surface area contributed by atoms with Crippen molar-refractivity contribution in [2.75, 3.05) is 12.4 Å². The average Bonchev–Trinajstić information content (AvgIpc) is 2.36. The Bertz CT molecular complexity index is 381. The molecule has 4 nitrogen and oxygen atoms in total. The van der Waals surface area contributed by atoms with E-state index >= 15 is 0 Å². The number of hydrogen-bond acceptors (Lipinski definition) is 3. The molecule has 17 heavy (non-hydrogen) atoms. The van der Waals surface area contributed by atoms with Gasteiger partial charge >= 0.3 is 5.97 Å². The molecule has 0 aliphatic heterocycles. The van der Waals surface area contributed by atoms with Gasteiger partial charge in [-0.3, -0.25) is 4.79 Å². The van der Waals surface area contributed by atoms with Crippen LogP contribution in [0, 0.1) is 0 Å². The zero-order chi connectivity index (χ0) is 12.7. The Kier molecular flexibility index (Phi) is 5.69. The molecule has 0 radical (unpaired) electrons. The van der Waals surface area contributed by atoms with Crippen molar-refractivity contribution < 1.29 is 14.3 Å². The van der Waals surface area contributed by atoms with Crippen molar-refractivity contribution in [3.05, 3.63) is 35.9 Å². The van der Waals surface area contributed by atoms with E-state index in [-0.39, 0.29) is 5.91 Å². The Hall–Kier alpha value is -1.36. The monoisotopic (exact) mass is 299 g/mol. The summed E-state index contributed by atoms with van der Waals surface area (Å²) in [6, 6.07) is 8.27. The molecule has 0 aliphatic rings. The van der Waals surface area contributed by atoms with Gasteiger partial charge < -0.3 is 10.1 Å². The predicted molar refractivity (Wildman–Crippen MR) is 67.8 cm³/mol. The summed E-state index contributed by atoms with van der Waals surface area (Å²) in [6.07, 6.45) is 0.320. The summed E-state index contributed by atoms with van der Waals surface area (Å²) in [5.41, 5.74) is 0.710. The first-order chi connectivity index (χ1) is 8.19. The minimum Gasteiger partial charge on any atom is -0.467 e. The lowest BCUT2D eigenvalue weighted by molar-refractivity contribution is -0.145. The van der Waals surface area contributed by atoms with Crippen LogP contribution in [0.25, 0.3) is 0 Å². The van der Waals surface area contributed by atoms with Crippen LogP contribution in [-0.2, 0) is 14.3 Å². The third kappa shape index (κ3) is 4.19. The number of methoxy groups -OCH3 is 1. The van der Waals surface area contributed by atoms with E-state index in [1.165, 1.54) is 7.11 Å². The molecule has 1 aromatic rings. The van der Waals surface area contributed by atoms with E-state index in [1.54, 1.807) is 12.1 Å². The summed E-state index contributed by atoms with van der Waals surface area (Å²) in [5, 5.41) is 3.20. The van der Waals surface area contributed by atoms with Crippen LogP contribution in [0.4, 0.5) is 0 Å². The molecule has 1 rings (SSSR count). The van der Waals surface area contributed by atoms with E-state index < -0.39 is 12.0 Å². The third-order valence-electron chi connectivity index (χ3n) is 2.20. The molecule has 0 saturated heterocycles. The molecule has 0 aromatic heterocycles. The summed E-state index contributed by atoms with van der Waals surface area (Å²) >= 11 is 3.17. The maximum Gasteiger partial charge on any atom is 0.333 e. The number of amides is 1. The first-order valence-corrected chi connectivity index (χ1v) is 6.29. The van der Waals surface area contributed by atoms with E-state index in [1.807, 2.05) is 18.2 Å². The van der Waals surface area contributed by atoms with Crippen molar-refractivity contribution in [2.24, 2.45) is 0 Å². The number of esters is 1. The van der Waals surface area contributed by atoms with Crippen LogP contribution < -0.4 is 5.32 Å². The molecular formula is C12H14BrNO3. The largest absolute Gasteiger partial charge is 0.467 e. The van der Waals surface area contributed by atoms with Crippen molar-refractivity contribution in [1.82, 2.24) is 5.32 Å². The van der Waals surface area contributed by atoms with Gasteiger partial charge in [0.1, 0.15) is 0 Å². The maximum absolute atomic E-state index is 11.6. The summed E-state index contributed by atoms with van der Waals surface area (Å²) < 4.78 is 4.68. The van der Waals surface area contributed by atoms with E-state index in [9.17, 15) is 9.59 Å². The van der Waals surface area contributed by atoms with Crippen molar-refractivity contribution in [2.45, 2.75) is 12.5 Å². The Morgan fingerprint density at radius 1 is 1.35 bits per heavy atom. The van der Waals surface area contributed by atoms with Gasteiger partial charge in [-0.05, 0) is 5.56 Å². The predicted octanol–water partition coefficient (Wildman–Crippen LogP) is 1.80. The molecular weight excluding hydrogens is 286 g/mol. The zero-order valence-electron chi connectivity index (χ0n) is 9.48. The van der Waals surface area contributed by atoms with Crippen molar-refractivity contribution in [1.29, 1.82) is 0 Å². The van der Waals surface area contributed by atoms with Crippen LogP contribution in [0.5, 0.6) is 0 Å². The van der Waals surface area contributed by atoms with Gasteiger partial charge in [0.15, 0.2) is 6.04 Å². The molecule has 0 bridgehead atoms. The number of alkyl halides is 1. The van der Waals surface area contributed by atoms with Gasteiger partial charge in [-0.15, -0.1) is 0 Å². The molecule has 0 saturated carbocycles. The van der Waals surface area contributed by atoms with Crippen LogP contribution in [0.1, 0.15) is 18.0 Å². The number of ether oxygens (including phenoxy) is 1. The summed E-state index contributed by atoms with van der Waals surface area (Å²) in [7, 11) is 1.30. The second kappa shape index (κ2) is 7.06. The van der Waals surface area contributed by atoms with E-state index in [2.05, 4.69) is 26.0 Å². The highest BCUT2D eigenvalue weighted by atomic mass is 79.9. The third-order valence-corrected chi connectivity index (χ3v) is 2.59. The van der Waals surface area contributed by atoms with Crippen LogP contribution in [-0.4, -0.2) is 24.3 Å². The van der Waals surface area contributed by atoms with Gasteiger partial charge in [-0.1, -0.05) is 46.3 Å². The Morgan fingerprint density at radius 3 is 2.53 bits per heavy atom. The fraction of sp³-hybridized carbons (Fsp3) is 0.333. The van der Waals surface area contributed by atoms with Gasteiger partial charge in [-0.2, -0.15) is 0 Å². The minimum absolute atomic E-state index is 0.193. The minimum atomic E-state index is -0.743. The van der Waals surface area contributed by atoms with E-state index in [0.717, 1.165) is 0 Å². The fourth-order valence-corrected chi connectivity index (χ4v) is 1.72. The van der Waals surface area contributed by atoms with E-state index in [4.69, 9.17) is 0 Å². The summed E-state index contributed by atoms with van der Waals surface area (Å²) in [4.78, 5) is 23.1. The molecule has 5 heteroatoms. The zero-order valence-corrected chi connectivity index (χ0v) is 11.1. The van der Waals surface area contributed by atoms with Gasteiger partial charge in [0, 0.05) is 11.8 Å². The highest BCUT2D eigenvalue weighted by Crippen LogP contribution is 2.14. The maximum atomic E-state index is 11.6. The van der Waals surface area contributed by atoms with Gasteiger partial charge in [0.2, 0.25) is 5.91 Å². The van der Waals surface area contributed by atoms with Gasteiger partial charge in [-0.25, -0.2) is 4.79 Å². The lowest BCUT2D eigenvalue weighted by atomic mass is 10.1. The molecule has 0 aliphatic carbocycles. The van der Waals surface area contributed by atoms with Crippen LogP contribution in [0.15, 0.2) is 30.3 Å². The lowest BCUT2D eigenvalue weighted by Gasteiger charge is -2.16. The first kappa shape index (κ1) is 13.7. The highest BCUT2D eigenvalue weighted by Gasteiger charge is 2.22. The number of rotatable bonds is 5. The van der Waals surface area contributed by atoms with Crippen molar-refractivity contribution in [3.8, 4) is 0 Å². The molecule has 0 spiro atoms. The second-order valence-corrected chi connectivity index (χ2v) is 4.17. The number of nitrogens with one attached hydrogen (secondary N) is 1. The molecule has 1 amide bonds.